The molecule has 9 nitrogen and oxygen atoms in total. The van der Waals surface area contributed by atoms with E-state index in [9.17, 15) is 14.4 Å². The van der Waals surface area contributed by atoms with Crippen LogP contribution in [0.3, 0.4) is 0 Å². The van der Waals surface area contributed by atoms with Gasteiger partial charge in [-0.05, 0) is 61.9 Å². The van der Waals surface area contributed by atoms with Gasteiger partial charge in [-0.3, -0.25) is 9.59 Å². The van der Waals surface area contributed by atoms with Crippen LogP contribution in [0.2, 0.25) is 10.0 Å². The fourth-order valence-electron chi connectivity index (χ4n) is 3.30. The number of methoxy groups -OCH3 is 1. The number of hydrogen-bond donors (Lipinski definition) is 2. The van der Waals surface area contributed by atoms with Gasteiger partial charge in [0.2, 0.25) is 0 Å². The van der Waals surface area contributed by atoms with Gasteiger partial charge in [-0.15, -0.1) is 0 Å². The number of rotatable bonds is 10. The lowest BCUT2D eigenvalue weighted by Crippen LogP contribution is -2.31. The fraction of sp³-hybridized carbons (Fsp3) is 0.222. The molecule has 0 saturated heterocycles. The third kappa shape index (κ3) is 7.77. The van der Waals surface area contributed by atoms with Crippen LogP contribution < -0.4 is 20.1 Å². The summed E-state index contributed by atoms with van der Waals surface area (Å²) in [7, 11) is 1.46. The minimum atomic E-state index is -0.808. The summed E-state index contributed by atoms with van der Waals surface area (Å²) in [5.74, 6) is -0.174. The van der Waals surface area contributed by atoms with Crippen LogP contribution in [0.25, 0.3) is 0 Å². The zero-order valence-corrected chi connectivity index (χ0v) is 22.4. The van der Waals surface area contributed by atoms with Crippen molar-refractivity contribution in [1.82, 2.24) is 5.32 Å². The van der Waals surface area contributed by atoms with Gasteiger partial charge in [0, 0.05) is 5.69 Å². The summed E-state index contributed by atoms with van der Waals surface area (Å²) >= 11 is 12.9. The predicted molar refractivity (Wildman–Crippen MR) is 143 cm³/mol. The molecular formula is C27H26Cl2N2O7. The zero-order chi connectivity index (χ0) is 27.7. The van der Waals surface area contributed by atoms with Crippen LogP contribution in [0.5, 0.6) is 17.2 Å². The van der Waals surface area contributed by atoms with Crippen molar-refractivity contribution in [2.45, 2.75) is 20.0 Å². The number of para-hydroxylation sites is 1. The minimum absolute atomic E-state index is 0.149. The lowest BCUT2D eigenvalue weighted by atomic mass is 10.1. The summed E-state index contributed by atoms with van der Waals surface area (Å²) < 4.78 is 21.3. The fourth-order valence-corrected chi connectivity index (χ4v) is 3.89. The SMILES string of the molecule is CCOC(=O)CNC(=O)OC(C)c1cc(Cl)c(Oc2ccc(OC)c(C(=O)Nc3ccccc3)c2)c(Cl)c1. The first-order valence-corrected chi connectivity index (χ1v) is 12.3. The molecule has 0 saturated carbocycles. The molecular weight excluding hydrogens is 535 g/mol. The normalized spacial score (nSPS) is 11.2. The van der Waals surface area contributed by atoms with Crippen molar-refractivity contribution in [2.75, 3.05) is 25.6 Å². The van der Waals surface area contributed by atoms with Gasteiger partial charge in [-0.2, -0.15) is 0 Å². The van der Waals surface area contributed by atoms with E-state index in [0.29, 0.717) is 22.7 Å². The first-order chi connectivity index (χ1) is 18.2. The number of amides is 2. The number of carbonyl (C=O) groups is 3. The van der Waals surface area contributed by atoms with Gasteiger partial charge in [0.1, 0.15) is 24.1 Å². The second kappa shape index (κ2) is 13.6. The van der Waals surface area contributed by atoms with E-state index in [1.807, 2.05) is 18.2 Å². The van der Waals surface area contributed by atoms with E-state index in [-0.39, 0.29) is 34.5 Å². The van der Waals surface area contributed by atoms with Gasteiger partial charge in [-0.1, -0.05) is 41.4 Å². The number of ether oxygens (including phenoxy) is 4. The van der Waals surface area contributed by atoms with Crippen molar-refractivity contribution >= 4 is 46.9 Å². The molecule has 11 heteroatoms. The van der Waals surface area contributed by atoms with Gasteiger partial charge < -0.3 is 29.6 Å². The Morgan fingerprint density at radius 3 is 2.29 bits per heavy atom. The molecule has 1 unspecified atom stereocenters. The number of carbonyl (C=O) groups excluding carboxylic acids is 3. The highest BCUT2D eigenvalue weighted by molar-refractivity contribution is 6.37. The maximum Gasteiger partial charge on any atom is 0.408 e. The van der Waals surface area contributed by atoms with E-state index in [1.54, 1.807) is 50.2 Å². The molecule has 0 radical (unpaired) electrons. The van der Waals surface area contributed by atoms with Crippen LogP contribution in [-0.2, 0) is 14.3 Å². The summed E-state index contributed by atoms with van der Waals surface area (Å²) in [5.41, 5.74) is 1.36. The number of hydrogen-bond acceptors (Lipinski definition) is 7. The molecule has 0 aliphatic rings. The standard InChI is InChI=1S/C27H26Cl2N2O7/c1-4-36-24(32)15-30-27(34)37-16(2)17-12-21(28)25(22(29)13-17)38-19-10-11-23(35-3)20(14-19)26(33)31-18-8-6-5-7-9-18/h5-14,16H,4,15H2,1-3H3,(H,30,34)(H,31,33). The van der Waals surface area contributed by atoms with Gasteiger partial charge in [-0.25, -0.2) is 4.79 Å². The molecule has 3 rings (SSSR count). The lowest BCUT2D eigenvalue weighted by molar-refractivity contribution is -0.141. The number of benzene rings is 3. The van der Waals surface area contributed by atoms with E-state index >= 15 is 0 Å². The Kier molecular flexibility index (Phi) is 10.2. The molecule has 0 aliphatic carbocycles. The third-order valence-electron chi connectivity index (χ3n) is 5.12. The molecule has 200 valence electrons. The smallest absolute Gasteiger partial charge is 0.408 e. The second-order valence-corrected chi connectivity index (χ2v) is 8.62. The quantitative estimate of drug-likeness (QED) is 0.276. The van der Waals surface area contributed by atoms with Crippen molar-refractivity contribution in [3.05, 3.63) is 81.8 Å². The molecule has 0 aromatic heterocycles. The first kappa shape index (κ1) is 28.6. The Balaban J connectivity index is 1.73. The molecule has 0 heterocycles. The Morgan fingerprint density at radius 2 is 1.66 bits per heavy atom. The number of alkyl carbamates (subject to hydrolysis) is 1. The minimum Gasteiger partial charge on any atom is -0.496 e. The molecule has 0 fully saturated rings. The van der Waals surface area contributed by atoms with Crippen LogP contribution in [0.4, 0.5) is 10.5 Å². The van der Waals surface area contributed by atoms with Crippen LogP contribution in [0, 0.1) is 0 Å². The molecule has 3 aromatic rings. The number of halogens is 2. The van der Waals surface area contributed by atoms with Crippen LogP contribution in [0.1, 0.15) is 35.9 Å². The maximum atomic E-state index is 12.9. The third-order valence-corrected chi connectivity index (χ3v) is 5.68. The van der Waals surface area contributed by atoms with Gasteiger partial charge in [0.05, 0.1) is 29.3 Å². The van der Waals surface area contributed by atoms with Crippen molar-refractivity contribution in [1.29, 1.82) is 0 Å². The topological polar surface area (TPSA) is 112 Å². The lowest BCUT2D eigenvalue weighted by Gasteiger charge is -2.17. The first-order valence-electron chi connectivity index (χ1n) is 11.5. The molecule has 0 aliphatic heterocycles. The molecule has 0 bridgehead atoms. The van der Waals surface area contributed by atoms with Crippen LogP contribution in [0.15, 0.2) is 60.7 Å². The van der Waals surface area contributed by atoms with Gasteiger partial charge in [0.25, 0.3) is 5.91 Å². The highest BCUT2D eigenvalue weighted by atomic mass is 35.5. The molecule has 38 heavy (non-hydrogen) atoms. The Hall–Kier alpha value is -3.95. The summed E-state index contributed by atoms with van der Waals surface area (Å²) in [4.78, 5) is 36.3. The predicted octanol–water partition coefficient (Wildman–Crippen LogP) is 6.40. The van der Waals surface area contributed by atoms with E-state index in [0.717, 1.165) is 0 Å². The van der Waals surface area contributed by atoms with Crippen molar-refractivity contribution in [3.8, 4) is 17.2 Å². The largest absolute Gasteiger partial charge is 0.496 e. The summed E-state index contributed by atoms with van der Waals surface area (Å²) in [6, 6.07) is 16.8. The summed E-state index contributed by atoms with van der Waals surface area (Å²) in [6.45, 7) is 3.17. The van der Waals surface area contributed by atoms with Crippen molar-refractivity contribution in [2.24, 2.45) is 0 Å². The monoisotopic (exact) mass is 560 g/mol. The second-order valence-electron chi connectivity index (χ2n) is 7.80. The summed E-state index contributed by atoms with van der Waals surface area (Å²) in [6.07, 6.45) is -1.55. The molecule has 1 atom stereocenters. The Bertz CT molecular complexity index is 1280. The molecule has 0 spiro atoms. The molecule has 3 aromatic carbocycles. The van der Waals surface area contributed by atoms with Gasteiger partial charge in [0.15, 0.2) is 5.75 Å². The van der Waals surface area contributed by atoms with E-state index in [1.165, 1.54) is 13.2 Å². The van der Waals surface area contributed by atoms with Crippen LogP contribution >= 0.6 is 23.2 Å². The highest BCUT2D eigenvalue weighted by Gasteiger charge is 2.19. The average molecular weight is 561 g/mol. The average Bonchev–Trinajstić information content (AvgIpc) is 2.90. The van der Waals surface area contributed by atoms with E-state index in [2.05, 4.69) is 10.6 Å². The van der Waals surface area contributed by atoms with Gasteiger partial charge >= 0.3 is 12.1 Å². The zero-order valence-electron chi connectivity index (χ0n) is 20.9. The Labute approximate surface area is 229 Å². The van der Waals surface area contributed by atoms with E-state index in [4.69, 9.17) is 42.1 Å². The maximum absolute atomic E-state index is 12.9. The van der Waals surface area contributed by atoms with Crippen LogP contribution in [-0.4, -0.2) is 38.2 Å². The van der Waals surface area contributed by atoms with Crippen molar-refractivity contribution < 1.29 is 33.3 Å². The molecule has 2 amide bonds. The number of nitrogens with one attached hydrogen (secondary N) is 2. The number of esters is 1. The molecule has 2 N–H and O–H groups in total. The number of anilines is 1. The highest BCUT2D eigenvalue weighted by Crippen LogP contribution is 2.40. The van der Waals surface area contributed by atoms with E-state index < -0.39 is 24.1 Å². The summed E-state index contributed by atoms with van der Waals surface area (Å²) in [5, 5.41) is 5.42. The Morgan fingerprint density at radius 1 is 0.974 bits per heavy atom. The van der Waals surface area contributed by atoms with Crippen molar-refractivity contribution in [3.63, 3.8) is 0 Å².